The zero-order chi connectivity index (χ0) is 35.6. The Kier molecular flexibility index (Phi) is 13.3. The van der Waals surface area contributed by atoms with Crippen LogP contribution < -0.4 is 0 Å². The fourth-order valence-corrected chi connectivity index (χ4v) is 10.9. The molecule has 0 aromatic rings. The van der Waals surface area contributed by atoms with Gasteiger partial charge < -0.3 is 8.85 Å². The number of ketones is 1. The highest BCUT2D eigenvalue weighted by Gasteiger charge is 2.50. The molecule has 0 amide bonds. The van der Waals surface area contributed by atoms with Crippen molar-refractivity contribution in [1.29, 1.82) is 0 Å². The lowest BCUT2D eigenvalue weighted by Crippen LogP contribution is -2.49. The van der Waals surface area contributed by atoms with Gasteiger partial charge in [0.15, 0.2) is 22.4 Å². The molecule has 0 aromatic carbocycles. The largest absolute Gasteiger partial charge is 0.413 e. The predicted molar refractivity (Wildman–Crippen MR) is 209 cm³/mol. The fourth-order valence-electron chi connectivity index (χ4n) is 8.23. The van der Waals surface area contributed by atoms with E-state index in [1.165, 1.54) is 43.3 Å². The molecule has 5 heteroatoms. The van der Waals surface area contributed by atoms with Crippen molar-refractivity contribution < 1.29 is 13.6 Å². The molecule has 3 fully saturated rings. The summed E-state index contributed by atoms with van der Waals surface area (Å²) in [5, 5.41) is 0.312. The molecule has 0 heterocycles. The van der Waals surface area contributed by atoms with Gasteiger partial charge in [-0.1, -0.05) is 112 Å². The van der Waals surface area contributed by atoms with Gasteiger partial charge in [-0.2, -0.15) is 0 Å². The molecule has 0 N–H and O–H groups in total. The second-order valence-corrected chi connectivity index (χ2v) is 28.4. The summed E-state index contributed by atoms with van der Waals surface area (Å²) in [4.78, 5) is 12.7. The maximum absolute atomic E-state index is 12.7. The molecule has 3 aliphatic rings. The Labute approximate surface area is 293 Å². The highest BCUT2D eigenvalue weighted by molar-refractivity contribution is 6.74. The van der Waals surface area contributed by atoms with Crippen LogP contribution in [-0.4, -0.2) is 34.6 Å². The van der Waals surface area contributed by atoms with Gasteiger partial charge in [-0.3, -0.25) is 4.79 Å². The van der Waals surface area contributed by atoms with Crippen LogP contribution >= 0.6 is 0 Å². The van der Waals surface area contributed by atoms with Gasteiger partial charge in [-0.05, 0) is 121 Å². The third kappa shape index (κ3) is 9.61. The first-order valence-corrected chi connectivity index (χ1v) is 25.0. The summed E-state index contributed by atoms with van der Waals surface area (Å²) >= 11 is 0. The van der Waals surface area contributed by atoms with E-state index >= 15 is 0 Å². The first-order valence-electron chi connectivity index (χ1n) is 19.2. The Morgan fingerprint density at radius 3 is 2.15 bits per heavy atom. The number of carbonyl (C=O) groups is 1. The van der Waals surface area contributed by atoms with Crippen LogP contribution in [0.5, 0.6) is 0 Å². The smallest absolute Gasteiger partial charge is 0.192 e. The summed E-state index contributed by atoms with van der Waals surface area (Å²) in [7, 11) is -3.93. The number of rotatable bonds is 12. The van der Waals surface area contributed by atoms with Gasteiger partial charge in [0.2, 0.25) is 0 Å². The molecule has 0 radical (unpaired) electrons. The van der Waals surface area contributed by atoms with Gasteiger partial charge in [0.1, 0.15) is 0 Å². The monoisotopic (exact) mass is 683 g/mol. The van der Waals surface area contributed by atoms with E-state index in [-0.39, 0.29) is 27.7 Å². The second kappa shape index (κ2) is 15.5. The van der Waals surface area contributed by atoms with E-state index in [1.54, 1.807) is 5.57 Å². The fraction of sp³-hybridized carbons (Fsp3) is 0.786. The van der Waals surface area contributed by atoms with Crippen molar-refractivity contribution in [3.63, 3.8) is 0 Å². The molecule has 268 valence electrons. The van der Waals surface area contributed by atoms with E-state index in [4.69, 9.17) is 8.85 Å². The minimum absolute atomic E-state index is 0.0109. The molecular weight excluding hydrogens is 609 g/mol. The van der Waals surface area contributed by atoms with Crippen LogP contribution in [0.15, 0.2) is 47.6 Å². The molecule has 0 aromatic heterocycles. The minimum Gasteiger partial charge on any atom is -0.413 e. The topological polar surface area (TPSA) is 35.5 Å². The molecule has 0 aliphatic heterocycles. The van der Waals surface area contributed by atoms with E-state index in [0.29, 0.717) is 35.9 Å². The van der Waals surface area contributed by atoms with Gasteiger partial charge in [-0.15, -0.1) is 0 Å². The SMILES string of the molecule is C=C1C(=CC=C2CCC[C@]3(C)[C@@H]([C@H](C)C=CC(=O)CC(CC)CC)CC[C@@H]23)C[C@@H](O[Si](C)(C)C(C)(C)C)C[C@@H]1O[Si](C)(C)C(C)(C)C. The average Bonchev–Trinajstić information content (AvgIpc) is 3.31. The first-order chi connectivity index (χ1) is 21.6. The zero-order valence-electron chi connectivity index (χ0n) is 33.3. The maximum atomic E-state index is 12.7. The van der Waals surface area contributed by atoms with E-state index in [9.17, 15) is 4.79 Å². The molecule has 6 atom stereocenters. The number of carbonyl (C=O) groups excluding carboxylic acids is 1. The Morgan fingerprint density at radius 1 is 0.979 bits per heavy atom. The minimum atomic E-state index is -1.99. The quantitative estimate of drug-likeness (QED) is 0.152. The van der Waals surface area contributed by atoms with Crippen LogP contribution in [0.25, 0.3) is 0 Å². The molecule has 3 aliphatic carbocycles. The first kappa shape index (κ1) is 40.4. The lowest BCUT2D eigenvalue weighted by Gasteiger charge is -2.45. The number of allylic oxidation sites excluding steroid dienone is 5. The summed E-state index contributed by atoms with van der Waals surface area (Å²) < 4.78 is 14.2. The molecular formula is C42H74O3Si2. The van der Waals surface area contributed by atoms with Crippen LogP contribution in [0.1, 0.15) is 133 Å². The van der Waals surface area contributed by atoms with Gasteiger partial charge >= 0.3 is 0 Å². The predicted octanol–water partition coefficient (Wildman–Crippen LogP) is 12.8. The number of hydrogen-bond acceptors (Lipinski definition) is 3. The molecule has 3 nitrogen and oxygen atoms in total. The van der Waals surface area contributed by atoms with Gasteiger partial charge in [0.05, 0.1) is 12.2 Å². The Balaban J connectivity index is 1.86. The third-order valence-electron chi connectivity index (χ3n) is 13.6. The molecule has 3 saturated carbocycles. The summed E-state index contributed by atoms with van der Waals surface area (Å²) in [5.74, 6) is 2.48. The summed E-state index contributed by atoms with van der Waals surface area (Å²) in [6, 6.07) is 0. The van der Waals surface area contributed by atoms with E-state index < -0.39 is 16.6 Å². The van der Waals surface area contributed by atoms with Crippen molar-refractivity contribution in [3.8, 4) is 0 Å². The second-order valence-electron chi connectivity index (χ2n) is 18.9. The van der Waals surface area contributed by atoms with E-state index in [0.717, 1.165) is 25.7 Å². The molecule has 0 bridgehead atoms. The molecule has 0 unspecified atom stereocenters. The van der Waals surface area contributed by atoms with Crippen molar-refractivity contribution in [2.75, 3.05) is 0 Å². The molecule has 3 rings (SSSR count). The highest BCUT2D eigenvalue weighted by Crippen LogP contribution is 2.59. The van der Waals surface area contributed by atoms with Gasteiger partial charge in [-0.25, -0.2) is 0 Å². The van der Waals surface area contributed by atoms with Crippen LogP contribution in [0.4, 0.5) is 0 Å². The molecule has 0 saturated heterocycles. The van der Waals surface area contributed by atoms with Crippen LogP contribution in [-0.2, 0) is 13.6 Å². The maximum Gasteiger partial charge on any atom is 0.192 e. The Morgan fingerprint density at radius 2 is 1.57 bits per heavy atom. The summed E-state index contributed by atoms with van der Waals surface area (Å²) in [6.45, 7) is 37.5. The molecule has 47 heavy (non-hydrogen) atoms. The Hall–Kier alpha value is -1.02. The van der Waals surface area contributed by atoms with Crippen molar-refractivity contribution in [1.82, 2.24) is 0 Å². The van der Waals surface area contributed by atoms with E-state index in [1.807, 2.05) is 6.08 Å². The normalized spacial score (nSPS) is 30.5. The summed E-state index contributed by atoms with van der Waals surface area (Å²) in [5.41, 5.74) is 4.40. The van der Waals surface area contributed by atoms with Crippen molar-refractivity contribution >= 4 is 22.4 Å². The van der Waals surface area contributed by atoms with Crippen LogP contribution in [0, 0.1) is 29.1 Å². The van der Waals surface area contributed by atoms with Crippen LogP contribution in [0.3, 0.4) is 0 Å². The average molecular weight is 683 g/mol. The van der Waals surface area contributed by atoms with Gasteiger partial charge in [0, 0.05) is 12.8 Å². The third-order valence-corrected chi connectivity index (χ3v) is 22.7. The van der Waals surface area contributed by atoms with Crippen molar-refractivity contribution in [2.24, 2.45) is 29.1 Å². The number of hydrogen-bond donors (Lipinski definition) is 0. The van der Waals surface area contributed by atoms with Crippen molar-refractivity contribution in [3.05, 3.63) is 47.6 Å². The van der Waals surface area contributed by atoms with E-state index in [2.05, 4.69) is 120 Å². The molecule has 0 spiro atoms. The number of fused-ring (bicyclic) bond motifs is 1. The zero-order valence-corrected chi connectivity index (χ0v) is 35.3. The standard InChI is InChI=1S/C42H74O3Si2/c1-16-32(17-2)27-35(43)23-20-30(3)37-24-25-38-33(19-18-26-42(37,38)11)21-22-34-28-36(44-46(12,13)40(5,6)7)29-39(31(34)4)45-47(14,15)41(8,9)10/h20-23,30,32,36-39H,4,16-19,24-29H2,1-3,5-15H3/t30-,36-,37-,38+,39+,42-/m1/s1. The van der Waals surface area contributed by atoms with Gasteiger partial charge in [0.25, 0.3) is 0 Å². The van der Waals surface area contributed by atoms with Crippen molar-refractivity contribution in [2.45, 2.75) is 182 Å². The Bertz CT molecular complexity index is 1190. The lowest BCUT2D eigenvalue weighted by molar-refractivity contribution is -0.115. The lowest BCUT2D eigenvalue weighted by atomic mass is 9.61. The summed E-state index contributed by atoms with van der Waals surface area (Å²) in [6.07, 6.45) is 20.2. The highest BCUT2D eigenvalue weighted by atomic mass is 28.4. The van der Waals surface area contributed by atoms with Crippen LogP contribution in [0.2, 0.25) is 36.3 Å².